The third-order valence-electron chi connectivity index (χ3n) is 5.59. The molecule has 1 aromatic carbocycles. The Kier molecular flexibility index (Phi) is 14.3. The summed E-state index contributed by atoms with van der Waals surface area (Å²) in [6, 6.07) is 4.29. The topological polar surface area (TPSA) is 157 Å². The van der Waals surface area contributed by atoms with Crippen molar-refractivity contribution in [3.63, 3.8) is 0 Å². The molecule has 2 unspecified atom stereocenters. The van der Waals surface area contributed by atoms with Crippen LogP contribution in [0.1, 0.15) is 83.9 Å². The number of primary amides is 1. The minimum Gasteiger partial charge on any atom is -0.466 e. The number of benzene rings is 1. The lowest BCUT2D eigenvalue weighted by atomic mass is 10.00. The van der Waals surface area contributed by atoms with Gasteiger partial charge >= 0.3 is 12.1 Å². The molecule has 0 saturated heterocycles. The van der Waals surface area contributed by atoms with Gasteiger partial charge < -0.3 is 30.7 Å². The smallest absolute Gasteiger partial charge is 0.408 e. The van der Waals surface area contributed by atoms with Crippen LogP contribution in [-0.4, -0.2) is 66.0 Å². The van der Waals surface area contributed by atoms with E-state index in [4.69, 9.17) is 21.6 Å². The summed E-state index contributed by atoms with van der Waals surface area (Å²) >= 11 is 0. The quantitative estimate of drug-likeness (QED) is 0.221. The number of amides is 4. The van der Waals surface area contributed by atoms with Gasteiger partial charge in [-0.05, 0) is 58.2 Å². The minimum atomic E-state index is -1.20. The van der Waals surface area contributed by atoms with Crippen molar-refractivity contribution in [3.8, 4) is 12.3 Å². The van der Waals surface area contributed by atoms with Crippen LogP contribution in [0.3, 0.4) is 0 Å². The Morgan fingerprint density at radius 2 is 1.73 bits per heavy atom. The Bertz CT molecular complexity index is 1060. The van der Waals surface area contributed by atoms with E-state index in [0.29, 0.717) is 24.0 Å². The molecular formula is C29H42N4O7. The molecule has 40 heavy (non-hydrogen) atoms. The average molecular weight is 559 g/mol. The zero-order valence-corrected chi connectivity index (χ0v) is 24.1. The number of alkyl carbamates (subject to hydrolysis) is 1. The predicted octanol–water partition coefficient (Wildman–Crippen LogP) is 2.57. The average Bonchev–Trinajstić information content (AvgIpc) is 2.87. The number of unbranched alkanes of at least 4 members (excludes halogenated alkanes) is 1. The zero-order chi connectivity index (χ0) is 30.3. The Hall–Kier alpha value is -4.07. The van der Waals surface area contributed by atoms with Crippen molar-refractivity contribution in [2.75, 3.05) is 19.7 Å². The monoisotopic (exact) mass is 558 g/mol. The summed E-state index contributed by atoms with van der Waals surface area (Å²) in [5, 5.41) is 5.25. The largest absolute Gasteiger partial charge is 0.466 e. The fourth-order valence-electron chi connectivity index (χ4n) is 3.74. The van der Waals surface area contributed by atoms with Crippen LogP contribution in [-0.2, 0) is 28.7 Å². The second kappa shape index (κ2) is 16.8. The standard InChI is InChI=1S/C29H42N4O7/c1-7-10-19-33(27(37)22(15-16-23(30)34)32-28(38)40-29(4,5)6)25(21-13-11-20(8-2)12-14-21)26(36)31-18-17-24(35)39-9-3/h2,11-14,22,25H,7,9-10,15-19H2,1,3-6H3,(H2,30,34)(H,31,36)(H,32,38). The van der Waals surface area contributed by atoms with E-state index in [2.05, 4.69) is 16.6 Å². The highest BCUT2D eigenvalue weighted by atomic mass is 16.6. The molecule has 0 aromatic heterocycles. The molecule has 0 aliphatic rings. The summed E-state index contributed by atoms with van der Waals surface area (Å²) in [5.74, 6) is 0.272. The van der Waals surface area contributed by atoms with E-state index in [-0.39, 0.29) is 39.0 Å². The first-order chi connectivity index (χ1) is 18.8. The van der Waals surface area contributed by atoms with Gasteiger partial charge in [0.05, 0.1) is 13.0 Å². The number of nitrogens with one attached hydrogen (secondary N) is 2. The molecule has 4 N–H and O–H groups in total. The second-order valence-electron chi connectivity index (χ2n) is 10.1. The lowest BCUT2D eigenvalue weighted by Crippen LogP contribution is -2.53. The molecule has 1 aromatic rings. The molecule has 0 aliphatic carbocycles. The van der Waals surface area contributed by atoms with Gasteiger partial charge in [0.15, 0.2) is 0 Å². The van der Waals surface area contributed by atoms with Gasteiger partial charge in [0.25, 0.3) is 0 Å². The van der Waals surface area contributed by atoms with Gasteiger partial charge in [0.1, 0.15) is 17.7 Å². The number of rotatable bonds is 15. The first-order valence-electron chi connectivity index (χ1n) is 13.4. The third kappa shape index (κ3) is 12.2. The van der Waals surface area contributed by atoms with E-state index in [9.17, 15) is 24.0 Å². The molecule has 0 bridgehead atoms. The molecule has 4 amide bonds. The lowest BCUT2D eigenvalue weighted by Gasteiger charge is -2.34. The van der Waals surface area contributed by atoms with E-state index < -0.39 is 47.5 Å². The maximum absolute atomic E-state index is 14.0. The van der Waals surface area contributed by atoms with Gasteiger partial charge in [0, 0.05) is 25.1 Å². The third-order valence-corrected chi connectivity index (χ3v) is 5.59. The van der Waals surface area contributed by atoms with Gasteiger partial charge in [-0.1, -0.05) is 31.4 Å². The fraction of sp³-hybridized carbons (Fsp3) is 0.552. The van der Waals surface area contributed by atoms with Crippen LogP contribution in [0.15, 0.2) is 24.3 Å². The Morgan fingerprint density at radius 1 is 1.07 bits per heavy atom. The van der Waals surface area contributed by atoms with Gasteiger partial charge in [-0.3, -0.25) is 19.2 Å². The molecule has 0 saturated carbocycles. The van der Waals surface area contributed by atoms with Crippen molar-refractivity contribution in [2.24, 2.45) is 5.73 Å². The van der Waals surface area contributed by atoms with Crippen molar-refractivity contribution in [3.05, 3.63) is 35.4 Å². The number of esters is 1. The van der Waals surface area contributed by atoms with Crippen molar-refractivity contribution in [1.82, 2.24) is 15.5 Å². The molecular weight excluding hydrogens is 516 g/mol. The van der Waals surface area contributed by atoms with Gasteiger partial charge in [-0.25, -0.2) is 4.79 Å². The number of hydrogen-bond acceptors (Lipinski definition) is 7. The van der Waals surface area contributed by atoms with E-state index in [1.54, 1.807) is 52.0 Å². The molecule has 11 heteroatoms. The number of carbonyl (C=O) groups is 5. The van der Waals surface area contributed by atoms with Crippen molar-refractivity contribution < 1.29 is 33.4 Å². The highest BCUT2D eigenvalue weighted by Gasteiger charge is 2.36. The maximum atomic E-state index is 14.0. The van der Waals surface area contributed by atoms with Crippen LogP contribution >= 0.6 is 0 Å². The normalized spacial score (nSPS) is 12.3. The van der Waals surface area contributed by atoms with Crippen molar-refractivity contribution in [2.45, 2.75) is 84.4 Å². The maximum Gasteiger partial charge on any atom is 0.408 e. The predicted molar refractivity (Wildman–Crippen MR) is 150 cm³/mol. The Morgan fingerprint density at radius 3 is 2.25 bits per heavy atom. The summed E-state index contributed by atoms with van der Waals surface area (Å²) in [7, 11) is 0. The highest BCUT2D eigenvalue weighted by Crippen LogP contribution is 2.25. The number of nitrogens with two attached hydrogens (primary N) is 1. The van der Waals surface area contributed by atoms with Crippen LogP contribution in [0.4, 0.5) is 4.79 Å². The van der Waals surface area contributed by atoms with E-state index >= 15 is 0 Å². The molecule has 0 radical (unpaired) electrons. The summed E-state index contributed by atoms with van der Waals surface area (Å²) < 4.78 is 10.2. The molecule has 11 nitrogen and oxygen atoms in total. The summed E-state index contributed by atoms with van der Waals surface area (Å²) in [5.41, 5.74) is 5.56. The van der Waals surface area contributed by atoms with Crippen LogP contribution < -0.4 is 16.4 Å². The zero-order valence-electron chi connectivity index (χ0n) is 24.1. The number of terminal acetylenes is 1. The number of carbonyl (C=O) groups excluding carboxylic acids is 5. The summed E-state index contributed by atoms with van der Waals surface area (Å²) in [6.07, 6.45) is 5.58. The van der Waals surface area contributed by atoms with Crippen LogP contribution in [0.5, 0.6) is 0 Å². The second-order valence-corrected chi connectivity index (χ2v) is 10.1. The molecule has 1 rings (SSSR count). The van der Waals surface area contributed by atoms with Gasteiger partial charge in [0.2, 0.25) is 17.7 Å². The van der Waals surface area contributed by atoms with Crippen LogP contribution in [0.25, 0.3) is 0 Å². The van der Waals surface area contributed by atoms with E-state index in [0.717, 1.165) is 0 Å². The van der Waals surface area contributed by atoms with E-state index in [1.807, 2.05) is 6.92 Å². The highest BCUT2D eigenvalue weighted by molar-refractivity contribution is 5.92. The minimum absolute atomic E-state index is 0.00627. The van der Waals surface area contributed by atoms with Crippen molar-refractivity contribution in [1.29, 1.82) is 0 Å². The first-order valence-corrected chi connectivity index (χ1v) is 13.4. The van der Waals surface area contributed by atoms with Gasteiger partial charge in [-0.15, -0.1) is 6.42 Å². The molecule has 0 spiro atoms. The number of nitrogens with zero attached hydrogens (tertiary/aromatic N) is 1. The molecule has 0 heterocycles. The Balaban J connectivity index is 3.45. The van der Waals surface area contributed by atoms with Crippen LogP contribution in [0, 0.1) is 12.3 Å². The first kappa shape index (κ1) is 34.0. The summed E-state index contributed by atoms with van der Waals surface area (Å²) in [6.45, 7) is 9.03. The number of hydrogen-bond donors (Lipinski definition) is 3. The molecule has 220 valence electrons. The van der Waals surface area contributed by atoms with Crippen LogP contribution in [0.2, 0.25) is 0 Å². The molecule has 2 atom stereocenters. The number of ether oxygens (including phenoxy) is 2. The van der Waals surface area contributed by atoms with Gasteiger partial charge in [-0.2, -0.15) is 0 Å². The summed E-state index contributed by atoms with van der Waals surface area (Å²) in [4.78, 5) is 64.9. The fourth-order valence-corrected chi connectivity index (χ4v) is 3.74. The molecule has 0 aliphatic heterocycles. The SMILES string of the molecule is C#Cc1ccc(C(C(=O)NCCC(=O)OCC)N(CCCC)C(=O)C(CCC(N)=O)NC(=O)OC(C)(C)C)cc1. The molecule has 0 fully saturated rings. The van der Waals surface area contributed by atoms with E-state index in [1.165, 1.54) is 4.90 Å². The van der Waals surface area contributed by atoms with Crippen molar-refractivity contribution >= 4 is 29.8 Å². The Labute approximate surface area is 236 Å². The lowest BCUT2D eigenvalue weighted by molar-refractivity contribution is -0.144.